The maximum atomic E-state index is 13.5. The number of ether oxygens (including phenoxy) is 10. The van der Waals surface area contributed by atoms with E-state index < -0.39 is 141 Å². The van der Waals surface area contributed by atoms with Gasteiger partial charge in [0, 0.05) is 6.42 Å². The predicted octanol–water partition coefficient (Wildman–Crippen LogP) is 2.01. The number of rotatable bonds is 11. The SMILES string of the molecule is CCCCC[C@@H]1CCCCCCCCCC(=O)O[C@H]2[C@H](O)[C@@H](C)O[C@@H](O[C@H]3[C@H](O1)O[C@H](C)[C@@H](O)[C@@H]3O)[C@@H]2O[C@@H]1O[C@@H](C)[C@H](O[C@@H]2O[C@H](C)[C@H](O)[C@H](O)[C@H]2O)[C@@H](OC(=O)[C@@H](C)CC)[C@H]1O. The van der Waals surface area contributed by atoms with Crippen LogP contribution in [0.2, 0.25) is 0 Å². The van der Waals surface area contributed by atoms with Gasteiger partial charge in [0.05, 0.1) is 36.4 Å². The maximum Gasteiger partial charge on any atom is 0.309 e. The molecule has 0 unspecified atom stereocenters. The molecule has 2 bridgehead atoms. The molecule has 0 aromatic heterocycles. The first kappa shape index (κ1) is 53.3. The van der Waals surface area contributed by atoms with Crippen molar-refractivity contribution >= 4 is 11.9 Å². The summed E-state index contributed by atoms with van der Waals surface area (Å²) in [6.45, 7) is 11.7. The Morgan fingerprint density at radius 1 is 0.594 bits per heavy atom. The monoisotopic (exact) mass is 923 g/mol. The molecule has 22 atom stereocenters. The lowest BCUT2D eigenvalue weighted by molar-refractivity contribution is -0.397. The molecule has 5 aliphatic rings. The predicted molar refractivity (Wildman–Crippen MR) is 224 cm³/mol. The lowest BCUT2D eigenvalue weighted by atomic mass is 9.96. The zero-order valence-electron chi connectivity index (χ0n) is 38.6. The van der Waals surface area contributed by atoms with Gasteiger partial charge in [0.25, 0.3) is 0 Å². The first-order chi connectivity index (χ1) is 30.5. The number of hydrogen-bond donors (Lipinski definition) is 7. The van der Waals surface area contributed by atoms with Crippen LogP contribution in [-0.4, -0.2) is 177 Å². The highest BCUT2D eigenvalue weighted by Gasteiger charge is 2.57. The fraction of sp³-hybridized carbons (Fsp3) is 0.956. The van der Waals surface area contributed by atoms with Gasteiger partial charge in [0.2, 0.25) is 0 Å². The molecule has 372 valence electrons. The van der Waals surface area contributed by atoms with Crippen molar-refractivity contribution in [3.05, 3.63) is 0 Å². The van der Waals surface area contributed by atoms with E-state index in [2.05, 4.69) is 6.92 Å². The Kier molecular flexibility index (Phi) is 20.9. The summed E-state index contributed by atoms with van der Waals surface area (Å²) in [6.07, 6.45) is -17.9. The zero-order chi connectivity index (χ0) is 46.8. The van der Waals surface area contributed by atoms with Crippen molar-refractivity contribution in [3.8, 4) is 0 Å². The van der Waals surface area contributed by atoms with Crippen molar-refractivity contribution < 1.29 is 92.7 Å². The molecule has 0 aromatic rings. The molecule has 19 nitrogen and oxygen atoms in total. The van der Waals surface area contributed by atoms with Crippen molar-refractivity contribution in [1.29, 1.82) is 0 Å². The van der Waals surface area contributed by atoms with Gasteiger partial charge in [-0.2, -0.15) is 0 Å². The van der Waals surface area contributed by atoms with Crippen molar-refractivity contribution in [3.63, 3.8) is 0 Å². The molecule has 0 aliphatic carbocycles. The number of carbonyl (C=O) groups is 2. The molecule has 64 heavy (non-hydrogen) atoms. The highest BCUT2D eigenvalue weighted by molar-refractivity contribution is 5.72. The standard InChI is InChI=1S/C45H78O19/c1-8-10-16-19-27-20-17-14-12-11-13-15-18-21-28(46)60-37-31(49)25(6)57-45(63-39-33(51)30(48)24(5)56-44(39)59-27)40(37)64-43-35(53)38(61-41(54)22(3)9-2)36(26(7)58-43)62-42-34(52)32(50)29(47)23(4)55-42/h22-27,29-40,42-45,47-53H,8-21H2,1-7H3/t22-,23+,24+,25+,26-,27+,29-,30+,31+,32-,33-,34+,35+,36-,37-,38-,39+,40+,42-,43-,44-,45-/m0/s1. The number of esters is 2. The van der Waals surface area contributed by atoms with E-state index in [4.69, 9.17) is 47.4 Å². The Labute approximate surface area is 377 Å². The molecule has 5 rings (SSSR count). The van der Waals surface area contributed by atoms with Gasteiger partial charge in [-0.25, -0.2) is 0 Å². The van der Waals surface area contributed by atoms with Crippen molar-refractivity contribution in [2.24, 2.45) is 5.92 Å². The summed E-state index contributed by atoms with van der Waals surface area (Å²) in [5.74, 6) is -1.95. The molecule has 19 heteroatoms. The lowest BCUT2D eigenvalue weighted by Gasteiger charge is -2.50. The van der Waals surface area contributed by atoms with Crippen LogP contribution < -0.4 is 0 Å². The number of aliphatic hydroxyl groups excluding tert-OH is 7. The summed E-state index contributed by atoms with van der Waals surface area (Å²) >= 11 is 0. The van der Waals surface area contributed by atoms with Gasteiger partial charge in [-0.15, -0.1) is 0 Å². The zero-order valence-corrected chi connectivity index (χ0v) is 38.6. The Hall–Kier alpha value is -1.66. The Bertz CT molecular complexity index is 1410. The smallest absolute Gasteiger partial charge is 0.309 e. The van der Waals surface area contributed by atoms with Crippen LogP contribution in [0.3, 0.4) is 0 Å². The second-order valence-corrected chi connectivity index (χ2v) is 18.5. The molecule has 5 saturated heterocycles. The second-order valence-electron chi connectivity index (χ2n) is 18.5. The molecule has 7 N–H and O–H groups in total. The fourth-order valence-electron chi connectivity index (χ4n) is 8.89. The number of carbonyl (C=O) groups excluding carboxylic acids is 2. The van der Waals surface area contributed by atoms with Crippen LogP contribution in [0.1, 0.15) is 138 Å². The molecule has 5 fully saturated rings. The molecule has 0 aromatic carbocycles. The molecular formula is C45H78O19. The molecule has 0 saturated carbocycles. The van der Waals surface area contributed by atoms with Gasteiger partial charge in [-0.05, 0) is 53.4 Å². The van der Waals surface area contributed by atoms with Gasteiger partial charge in [0.15, 0.2) is 43.5 Å². The lowest BCUT2D eigenvalue weighted by Crippen LogP contribution is -2.67. The van der Waals surface area contributed by atoms with E-state index in [-0.39, 0.29) is 12.5 Å². The van der Waals surface area contributed by atoms with Gasteiger partial charge in [0.1, 0.15) is 54.9 Å². The topological polar surface area (TPSA) is 268 Å². The quantitative estimate of drug-likeness (QED) is 0.115. The van der Waals surface area contributed by atoms with E-state index in [0.717, 1.165) is 70.6 Å². The van der Waals surface area contributed by atoms with E-state index in [1.54, 1.807) is 20.8 Å². The van der Waals surface area contributed by atoms with Crippen molar-refractivity contribution in [1.82, 2.24) is 0 Å². The van der Waals surface area contributed by atoms with Crippen LogP contribution in [0.15, 0.2) is 0 Å². The normalized spacial score (nSPS) is 45.2. The summed E-state index contributed by atoms with van der Waals surface area (Å²) in [6, 6.07) is 0. The largest absolute Gasteiger partial charge is 0.456 e. The number of unbranched alkanes of at least 4 members (excludes halogenated alkanes) is 2. The van der Waals surface area contributed by atoms with Crippen LogP contribution in [0.5, 0.6) is 0 Å². The van der Waals surface area contributed by atoms with Crippen molar-refractivity contribution in [2.75, 3.05) is 0 Å². The minimum atomic E-state index is -1.86. The third-order valence-corrected chi connectivity index (χ3v) is 13.4. The summed E-state index contributed by atoms with van der Waals surface area (Å²) < 4.78 is 61.9. The number of hydrogen-bond acceptors (Lipinski definition) is 19. The van der Waals surface area contributed by atoms with E-state index in [0.29, 0.717) is 12.8 Å². The van der Waals surface area contributed by atoms with Crippen LogP contribution in [0.25, 0.3) is 0 Å². The highest BCUT2D eigenvalue weighted by atomic mass is 16.8. The van der Waals surface area contributed by atoms with Crippen molar-refractivity contribution in [2.45, 2.75) is 267 Å². The first-order valence-corrected chi connectivity index (χ1v) is 23.9. The fourth-order valence-corrected chi connectivity index (χ4v) is 8.89. The third kappa shape index (κ3) is 13.5. The average molecular weight is 923 g/mol. The van der Waals surface area contributed by atoms with Crippen LogP contribution >= 0.6 is 0 Å². The van der Waals surface area contributed by atoms with E-state index in [1.165, 1.54) is 20.8 Å². The molecule has 5 heterocycles. The van der Waals surface area contributed by atoms with E-state index in [9.17, 15) is 45.3 Å². The summed E-state index contributed by atoms with van der Waals surface area (Å²) in [4.78, 5) is 26.9. The maximum absolute atomic E-state index is 13.5. The van der Waals surface area contributed by atoms with E-state index >= 15 is 0 Å². The van der Waals surface area contributed by atoms with Gasteiger partial charge < -0.3 is 83.1 Å². The third-order valence-electron chi connectivity index (χ3n) is 13.4. The molecule has 0 spiro atoms. The number of aliphatic hydroxyl groups is 7. The molecular weight excluding hydrogens is 844 g/mol. The average Bonchev–Trinajstić information content (AvgIpc) is 3.26. The van der Waals surface area contributed by atoms with Crippen LogP contribution in [0, 0.1) is 5.92 Å². The molecule has 0 radical (unpaired) electrons. The minimum Gasteiger partial charge on any atom is -0.456 e. The molecule has 0 amide bonds. The summed E-state index contributed by atoms with van der Waals surface area (Å²) in [7, 11) is 0. The first-order valence-electron chi connectivity index (χ1n) is 23.9. The Morgan fingerprint density at radius 2 is 1.17 bits per heavy atom. The highest BCUT2D eigenvalue weighted by Crippen LogP contribution is 2.37. The Balaban J connectivity index is 1.50. The minimum absolute atomic E-state index is 0.0387. The molecule has 5 aliphatic heterocycles. The summed E-state index contributed by atoms with van der Waals surface area (Å²) in [5.41, 5.74) is 0. The van der Waals surface area contributed by atoms with Gasteiger partial charge in [-0.3, -0.25) is 9.59 Å². The number of fused-ring (bicyclic) bond motifs is 3. The second kappa shape index (κ2) is 25.1. The Morgan fingerprint density at radius 3 is 1.86 bits per heavy atom. The summed E-state index contributed by atoms with van der Waals surface area (Å²) in [5, 5.41) is 78.1. The van der Waals surface area contributed by atoms with Gasteiger partial charge >= 0.3 is 11.9 Å². The van der Waals surface area contributed by atoms with E-state index in [1.807, 2.05) is 0 Å². The van der Waals surface area contributed by atoms with Crippen LogP contribution in [-0.2, 0) is 57.0 Å². The van der Waals surface area contributed by atoms with Crippen LogP contribution in [0.4, 0.5) is 0 Å². The van der Waals surface area contributed by atoms with Gasteiger partial charge in [-0.1, -0.05) is 78.6 Å².